The quantitative estimate of drug-likeness (QED) is 0.166. The van der Waals surface area contributed by atoms with Crippen molar-refractivity contribution < 1.29 is 58.3 Å². The highest BCUT2D eigenvalue weighted by molar-refractivity contribution is 6.05. The molecule has 0 radical (unpaired) electrons. The number of ether oxygens (including phenoxy) is 3. The maximum atomic E-state index is 12.4. The summed E-state index contributed by atoms with van der Waals surface area (Å²) in [4.78, 5) is 72.6. The second-order valence-corrected chi connectivity index (χ2v) is 8.47. The summed E-state index contributed by atoms with van der Waals surface area (Å²) in [7, 11) is 0. The van der Waals surface area contributed by atoms with E-state index in [2.05, 4.69) is 19.7 Å². The van der Waals surface area contributed by atoms with Crippen molar-refractivity contribution in [3.63, 3.8) is 0 Å². The first-order valence-corrected chi connectivity index (χ1v) is 11.5. The van der Waals surface area contributed by atoms with Crippen molar-refractivity contribution >= 4 is 35.8 Å². The SMILES string of the molecule is C=C(C)C(=O)OCCc1c(C(=O)O)c(CCOC(=O)C(=C)C)c(C(=O)O)c(CCOC(=O)C(=C)C)c1C(=O)O. The first-order chi connectivity index (χ1) is 18.1. The average Bonchev–Trinajstić information content (AvgIpc) is 2.82. The number of esters is 3. The zero-order chi connectivity index (χ0) is 30.0. The van der Waals surface area contributed by atoms with E-state index in [0.717, 1.165) is 0 Å². The Morgan fingerprint density at radius 2 is 0.718 bits per heavy atom. The molecule has 0 spiro atoms. The summed E-state index contributed by atoms with van der Waals surface area (Å²) in [6.45, 7) is 13.1. The van der Waals surface area contributed by atoms with Gasteiger partial charge >= 0.3 is 35.8 Å². The monoisotopic (exact) mass is 546 g/mol. The third kappa shape index (κ3) is 8.66. The molecule has 0 fully saturated rings. The van der Waals surface area contributed by atoms with Crippen LogP contribution in [0.5, 0.6) is 0 Å². The van der Waals surface area contributed by atoms with Gasteiger partial charge in [-0.25, -0.2) is 28.8 Å². The third-order valence-corrected chi connectivity index (χ3v) is 5.25. The number of hydrogen-bond donors (Lipinski definition) is 3. The molecule has 0 saturated heterocycles. The Morgan fingerprint density at radius 1 is 0.513 bits per heavy atom. The van der Waals surface area contributed by atoms with Gasteiger partial charge in [0.15, 0.2) is 0 Å². The zero-order valence-corrected chi connectivity index (χ0v) is 21.9. The lowest BCUT2D eigenvalue weighted by atomic mass is 9.83. The highest BCUT2D eigenvalue weighted by atomic mass is 16.5. The normalized spacial score (nSPS) is 10.2. The van der Waals surface area contributed by atoms with Gasteiger partial charge in [0.1, 0.15) is 0 Å². The van der Waals surface area contributed by atoms with E-state index in [-0.39, 0.29) is 33.4 Å². The maximum absolute atomic E-state index is 12.4. The Labute approximate surface area is 224 Å². The van der Waals surface area contributed by atoms with Gasteiger partial charge in [0, 0.05) is 36.0 Å². The van der Waals surface area contributed by atoms with Crippen molar-refractivity contribution in [1.82, 2.24) is 0 Å². The Hall–Kier alpha value is -4.74. The van der Waals surface area contributed by atoms with E-state index in [1.807, 2.05) is 0 Å². The van der Waals surface area contributed by atoms with E-state index < -0.39 is 91.6 Å². The van der Waals surface area contributed by atoms with Crippen molar-refractivity contribution in [2.24, 2.45) is 0 Å². The molecule has 0 heterocycles. The van der Waals surface area contributed by atoms with Crippen LogP contribution >= 0.6 is 0 Å². The molecule has 0 saturated carbocycles. The first kappa shape index (κ1) is 32.3. The van der Waals surface area contributed by atoms with Gasteiger partial charge in [0.2, 0.25) is 0 Å². The molecule has 0 bridgehead atoms. The molecule has 0 amide bonds. The lowest BCUT2D eigenvalue weighted by molar-refractivity contribution is -0.139. The lowest BCUT2D eigenvalue weighted by Crippen LogP contribution is -2.25. The molecule has 12 nitrogen and oxygen atoms in total. The molecule has 0 unspecified atom stereocenters. The summed E-state index contributed by atoms with van der Waals surface area (Å²) in [6.07, 6.45) is -1.25. The van der Waals surface area contributed by atoms with Crippen molar-refractivity contribution in [2.45, 2.75) is 40.0 Å². The smallest absolute Gasteiger partial charge is 0.336 e. The van der Waals surface area contributed by atoms with Gasteiger partial charge in [0.05, 0.1) is 36.5 Å². The predicted octanol–water partition coefficient (Wildman–Crippen LogP) is 2.77. The highest BCUT2D eigenvalue weighted by Gasteiger charge is 2.33. The van der Waals surface area contributed by atoms with E-state index in [1.54, 1.807) is 0 Å². The summed E-state index contributed by atoms with van der Waals surface area (Å²) < 4.78 is 15.0. The highest BCUT2D eigenvalue weighted by Crippen LogP contribution is 2.31. The molecule has 1 rings (SSSR count). The molecule has 0 aromatic heterocycles. The minimum atomic E-state index is -1.65. The molecular formula is C27H30O12. The fraction of sp³-hybridized carbons (Fsp3) is 0.333. The van der Waals surface area contributed by atoms with Crippen molar-refractivity contribution in [3.05, 3.63) is 69.8 Å². The molecule has 0 aliphatic heterocycles. The van der Waals surface area contributed by atoms with Gasteiger partial charge < -0.3 is 29.5 Å². The Bertz CT molecular complexity index is 1080. The Kier molecular flexibility index (Phi) is 11.8. The van der Waals surface area contributed by atoms with Gasteiger partial charge in [-0.05, 0) is 37.5 Å². The molecule has 39 heavy (non-hydrogen) atoms. The molecule has 0 aliphatic carbocycles. The van der Waals surface area contributed by atoms with Gasteiger partial charge in [-0.15, -0.1) is 0 Å². The van der Waals surface area contributed by atoms with Crippen molar-refractivity contribution in [2.75, 3.05) is 19.8 Å². The molecule has 1 aromatic carbocycles. The summed E-state index contributed by atoms with van der Waals surface area (Å²) in [5.74, 6) is -7.35. The molecule has 210 valence electrons. The minimum Gasteiger partial charge on any atom is -0.478 e. The zero-order valence-electron chi connectivity index (χ0n) is 21.9. The van der Waals surface area contributed by atoms with Crippen LogP contribution in [0.2, 0.25) is 0 Å². The van der Waals surface area contributed by atoms with Crippen LogP contribution in [-0.4, -0.2) is 71.0 Å². The number of carboxylic acid groups (broad SMARTS) is 3. The Balaban J connectivity index is 3.86. The average molecular weight is 547 g/mol. The van der Waals surface area contributed by atoms with E-state index in [1.165, 1.54) is 20.8 Å². The van der Waals surface area contributed by atoms with Gasteiger partial charge in [-0.1, -0.05) is 19.7 Å². The molecular weight excluding hydrogens is 516 g/mol. The second-order valence-electron chi connectivity index (χ2n) is 8.47. The first-order valence-electron chi connectivity index (χ1n) is 11.5. The molecule has 0 aliphatic rings. The number of aromatic carboxylic acids is 3. The van der Waals surface area contributed by atoms with E-state index in [0.29, 0.717) is 0 Å². The summed E-state index contributed by atoms with van der Waals surface area (Å²) in [5, 5.41) is 30.1. The maximum Gasteiger partial charge on any atom is 0.336 e. The number of carboxylic acids is 3. The minimum absolute atomic E-state index is 0.0492. The predicted molar refractivity (Wildman–Crippen MR) is 136 cm³/mol. The van der Waals surface area contributed by atoms with Gasteiger partial charge in [0.25, 0.3) is 0 Å². The largest absolute Gasteiger partial charge is 0.478 e. The number of rotatable bonds is 15. The van der Waals surface area contributed by atoms with Crippen molar-refractivity contribution in [1.29, 1.82) is 0 Å². The topological polar surface area (TPSA) is 191 Å². The number of hydrogen-bond acceptors (Lipinski definition) is 9. The lowest BCUT2D eigenvalue weighted by Gasteiger charge is -2.22. The van der Waals surface area contributed by atoms with E-state index in [4.69, 9.17) is 14.2 Å². The number of benzene rings is 1. The molecule has 3 N–H and O–H groups in total. The van der Waals surface area contributed by atoms with E-state index in [9.17, 15) is 44.1 Å². The van der Waals surface area contributed by atoms with Gasteiger partial charge in [-0.3, -0.25) is 0 Å². The molecule has 0 atom stereocenters. The van der Waals surface area contributed by atoms with Gasteiger partial charge in [-0.2, -0.15) is 0 Å². The van der Waals surface area contributed by atoms with Crippen LogP contribution in [0.3, 0.4) is 0 Å². The van der Waals surface area contributed by atoms with E-state index >= 15 is 0 Å². The fourth-order valence-electron chi connectivity index (χ4n) is 3.55. The number of carbonyl (C=O) groups excluding carboxylic acids is 3. The molecule has 1 aromatic rings. The van der Waals surface area contributed by atoms with Crippen LogP contribution in [0.25, 0.3) is 0 Å². The Morgan fingerprint density at radius 3 is 0.872 bits per heavy atom. The number of carbonyl (C=O) groups is 6. The third-order valence-electron chi connectivity index (χ3n) is 5.25. The second kappa shape index (κ2) is 14.3. The summed E-state index contributed by atoms with van der Waals surface area (Å²) >= 11 is 0. The van der Waals surface area contributed by atoms with Crippen LogP contribution in [0.15, 0.2) is 36.5 Å². The van der Waals surface area contributed by atoms with Crippen LogP contribution in [0, 0.1) is 0 Å². The summed E-state index contributed by atoms with van der Waals surface area (Å²) in [6, 6.07) is 0. The van der Waals surface area contributed by atoms with Crippen LogP contribution in [0.4, 0.5) is 0 Å². The van der Waals surface area contributed by atoms with Crippen LogP contribution in [-0.2, 0) is 47.9 Å². The standard InChI is InChI=1S/C27H30O12/c1-13(2)25(34)37-10-7-16-19(22(28)29)17(8-11-38-26(35)14(3)4)21(24(32)33)18(20(16)23(30)31)9-12-39-27(36)15(5)6/h1,3,5,7-12H2,2,4,6H3,(H,28,29)(H,30,31)(H,32,33). The summed E-state index contributed by atoms with van der Waals surface area (Å²) in [5.41, 5.74) is -2.76. The molecule has 12 heteroatoms. The van der Waals surface area contributed by atoms with Crippen molar-refractivity contribution in [3.8, 4) is 0 Å². The van der Waals surface area contributed by atoms with Crippen LogP contribution < -0.4 is 0 Å². The fourth-order valence-corrected chi connectivity index (χ4v) is 3.55. The van der Waals surface area contributed by atoms with Crippen LogP contribution in [0.1, 0.15) is 68.5 Å².